The normalized spacial score (nSPS) is 12.7. The number of thioether (sulfide) groups is 1. The summed E-state index contributed by atoms with van der Waals surface area (Å²) in [6.45, 7) is 4.83. The SMILES string of the molecule is CCc1cc2c(=O)n(CCCOC)c(S[C@H](C)C(N)=O)nc2s1. The van der Waals surface area contributed by atoms with E-state index in [0.29, 0.717) is 34.9 Å². The third kappa shape index (κ3) is 4.13. The second-order valence-corrected chi connectivity index (χ2v) is 7.57. The number of fused-ring (bicyclic) bond motifs is 1. The number of carbonyl (C=O) groups is 1. The average molecular weight is 355 g/mol. The van der Waals surface area contributed by atoms with Crippen molar-refractivity contribution in [2.75, 3.05) is 13.7 Å². The van der Waals surface area contributed by atoms with Gasteiger partial charge in [-0.05, 0) is 25.8 Å². The number of primary amides is 1. The summed E-state index contributed by atoms with van der Waals surface area (Å²) in [5.74, 6) is -0.423. The van der Waals surface area contributed by atoms with Crippen molar-refractivity contribution in [3.05, 3.63) is 21.3 Å². The van der Waals surface area contributed by atoms with E-state index in [2.05, 4.69) is 4.98 Å². The van der Waals surface area contributed by atoms with E-state index in [-0.39, 0.29) is 5.56 Å². The molecule has 0 aliphatic rings. The minimum absolute atomic E-state index is 0.0683. The summed E-state index contributed by atoms with van der Waals surface area (Å²) >= 11 is 2.74. The van der Waals surface area contributed by atoms with Gasteiger partial charge in [0.05, 0.1) is 10.6 Å². The molecule has 2 aromatic heterocycles. The molecule has 0 fully saturated rings. The number of methoxy groups -OCH3 is 1. The zero-order chi connectivity index (χ0) is 17.0. The monoisotopic (exact) mass is 355 g/mol. The van der Waals surface area contributed by atoms with Crippen LogP contribution in [-0.4, -0.2) is 34.4 Å². The lowest BCUT2D eigenvalue weighted by atomic mass is 10.3. The van der Waals surface area contributed by atoms with E-state index in [1.165, 1.54) is 23.1 Å². The summed E-state index contributed by atoms with van der Waals surface area (Å²) in [4.78, 5) is 30.6. The van der Waals surface area contributed by atoms with Crippen LogP contribution in [0.3, 0.4) is 0 Å². The number of carbonyl (C=O) groups excluding carboxylic acids is 1. The van der Waals surface area contributed by atoms with E-state index in [4.69, 9.17) is 10.5 Å². The van der Waals surface area contributed by atoms with Crippen LogP contribution in [0.15, 0.2) is 16.0 Å². The van der Waals surface area contributed by atoms with Crippen LogP contribution >= 0.6 is 23.1 Å². The van der Waals surface area contributed by atoms with Crippen LogP contribution in [0.4, 0.5) is 0 Å². The Labute approximate surface area is 143 Å². The van der Waals surface area contributed by atoms with Crippen LogP contribution in [-0.2, 0) is 22.5 Å². The number of nitrogens with two attached hydrogens (primary N) is 1. The van der Waals surface area contributed by atoms with Crippen LogP contribution in [0.1, 0.15) is 25.1 Å². The van der Waals surface area contributed by atoms with Gasteiger partial charge in [-0.2, -0.15) is 0 Å². The molecule has 1 atom stereocenters. The fourth-order valence-electron chi connectivity index (χ4n) is 2.09. The van der Waals surface area contributed by atoms with Gasteiger partial charge in [0.15, 0.2) is 5.16 Å². The molecule has 2 heterocycles. The van der Waals surface area contributed by atoms with Crippen molar-refractivity contribution < 1.29 is 9.53 Å². The maximum Gasteiger partial charge on any atom is 0.262 e. The number of nitrogens with zero attached hydrogens (tertiary/aromatic N) is 2. The quantitative estimate of drug-likeness (QED) is 0.445. The number of aryl methyl sites for hydroxylation is 1. The molecule has 2 rings (SSSR count). The van der Waals surface area contributed by atoms with E-state index in [9.17, 15) is 9.59 Å². The van der Waals surface area contributed by atoms with E-state index < -0.39 is 11.2 Å². The largest absolute Gasteiger partial charge is 0.385 e. The maximum absolute atomic E-state index is 12.8. The van der Waals surface area contributed by atoms with Gasteiger partial charge in [-0.15, -0.1) is 11.3 Å². The summed E-state index contributed by atoms with van der Waals surface area (Å²) < 4.78 is 6.68. The van der Waals surface area contributed by atoms with E-state index in [0.717, 1.165) is 11.3 Å². The second kappa shape index (κ2) is 7.94. The molecule has 126 valence electrons. The molecule has 0 aliphatic heterocycles. The molecule has 0 spiro atoms. The van der Waals surface area contributed by atoms with Gasteiger partial charge >= 0.3 is 0 Å². The molecule has 2 aromatic rings. The van der Waals surface area contributed by atoms with E-state index >= 15 is 0 Å². The Morgan fingerprint density at radius 2 is 2.30 bits per heavy atom. The molecule has 2 N–H and O–H groups in total. The van der Waals surface area contributed by atoms with Crippen molar-refractivity contribution in [3.63, 3.8) is 0 Å². The van der Waals surface area contributed by atoms with Crippen LogP contribution < -0.4 is 11.3 Å². The lowest BCUT2D eigenvalue weighted by Crippen LogP contribution is -2.27. The summed E-state index contributed by atoms with van der Waals surface area (Å²) in [6, 6.07) is 1.91. The average Bonchev–Trinajstić information content (AvgIpc) is 2.93. The second-order valence-electron chi connectivity index (χ2n) is 5.15. The lowest BCUT2D eigenvalue weighted by Gasteiger charge is -2.13. The minimum Gasteiger partial charge on any atom is -0.385 e. The topological polar surface area (TPSA) is 87.2 Å². The van der Waals surface area contributed by atoms with Gasteiger partial charge in [0, 0.05) is 25.1 Å². The van der Waals surface area contributed by atoms with E-state index in [1.54, 1.807) is 18.6 Å². The van der Waals surface area contributed by atoms with Crippen molar-refractivity contribution in [3.8, 4) is 0 Å². The molecule has 8 heteroatoms. The third-order valence-electron chi connectivity index (χ3n) is 3.43. The van der Waals surface area contributed by atoms with Gasteiger partial charge < -0.3 is 10.5 Å². The van der Waals surface area contributed by atoms with Gasteiger partial charge in [-0.1, -0.05) is 18.7 Å². The van der Waals surface area contributed by atoms with Crippen molar-refractivity contribution in [1.29, 1.82) is 0 Å². The van der Waals surface area contributed by atoms with Crippen molar-refractivity contribution in [2.45, 2.75) is 43.6 Å². The molecule has 0 aliphatic carbocycles. The highest BCUT2D eigenvalue weighted by Gasteiger charge is 2.18. The van der Waals surface area contributed by atoms with Crippen LogP contribution in [0.2, 0.25) is 0 Å². The molecule has 0 saturated heterocycles. The summed E-state index contributed by atoms with van der Waals surface area (Å²) in [7, 11) is 1.63. The summed E-state index contributed by atoms with van der Waals surface area (Å²) in [5.41, 5.74) is 5.27. The first-order valence-corrected chi connectivity index (χ1v) is 9.15. The Balaban J connectivity index is 2.49. The maximum atomic E-state index is 12.8. The Bertz CT molecular complexity index is 754. The number of thiophene rings is 1. The van der Waals surface area contributed by atoms with Gasteiger partial charge in [-0.25, -0.2) is 4.98 Å². The number of hydrogen-bond acceptors (Lipinski definition) is 6. The number of amides is 1. The lowest BCUT2D eigenvalue weighted by molar-refractivity contribution is -0.117. The molecular formula is C15H21N3O3S2. The highest BCUT2D eigenvalue weighted by Crippen LogP contribution is 2.27. The van der Waals surface area contributed by atoms with Crippen LogP contribution in [0, 0.1) is 0 Å². The highest BCUT2D eigenvalue weighted by molar-refractivity contribution is 8.00. The third-order valence-corrected chi connectivity index (χ3v) is 5.71. The van der Waals surface area contributed by atoms with Crippen LogP contribution in [0.5, 0.6) is 0 Å². The zero-order valence-electron chi connectivity index (χ0n) is 13.5. The number of ether oxygens (including phenoxy) is 1. The highest BCUT2D eigenvalue weighted by atomic mass is 32.2. The Kier molecular flexibility index (Phi) is 6.20. The van der Waals surface area contributed by atoms with Crippen molar-refractivity contribution >= 4 is 39.2 Å². The molecule has 0 aromatic carbocycles. The Morgan fingerprint density at radius 3 is 2.91 bits per heavy atom. The molecule has 0 bridgehead atoms. The number of aromatic nitrogens is 2. The van der Waals surface area contributed by atoms with Gasteiger partial charge in [0.2, 0.25) is 5.91 Å². The van der Waals surface area contributed by atoms with Gasteiger partial charge in [0.25, 0.3) is 5.56 Å². The van der Waals surface area contributed by atoms with Gasteiger partial charge in [0.1, 0.15) is 4.83 Å². The molecule has 6 nitrogen and oxygen atoms in total. The Morgan fingerprint density at radius 1 is 1.57 bits per heavy atom. The van der Waals surface area contributed by atoms with Crippen molar-refractivity contribution in [2.24, 2.45) is 5.73 Å². The standard InChI is InChI=1S/C15H21N3O3S2/c1-4-10-8-11-13(23-10)17-15(22-9(2)12(16)19)18(14(11)20)6-5-7-21-3/h8-9H,4-7H2,1-3H3,(H2,16,19)/t9-/m1/s1. The molecule has 1 amide bonds. The van der Waals surface area contributed by atoms with Gasteiger partial charge in [-0.3, -0.25) is 14.2 Å². The summed E-state index contributed by atoms with van der Waals surface area (Å²) in [5, 5.41) is 0.730. The predicted octanol–water partition coefficient (Wildman–Crippen LogP) is 2.02. The molecule has 23 heavy (non-hydrogen) atoms. The van der Waals surface area contributed by atoms with Crippen LogP contribution in [0.25, 0.3) is 10.2 Å². The Hall–Kier alpha value is -1.38. The smallest absolute Gasteiger partial charge is 0.262 e. The first-order chi connectivity index (χ1) is 11.0. The minimum atomic E-state index is -0.446. The molecule has 0 unspecified atom stereocenters. The zero-order valence-corrected chi connectivity index (χ0v) is 15.1. The number of hydrogen-bond donors (Lipinski definition) is 1. The van der Waals surface area contributed by atoms with E-state index in [1.807, 2.05) is 13.0 Å². The fourth-order valence-corrected chi connectivity index (χ4v) is 3.99. The fraction of sp³-hybridized carbons (Fsp3) is 0.533. The molecule has 0 saturated carbocycles. The predicted molar refractivity (Wildman–Crippen MR) is 94.3 cm³/mol. The number of rotatable bonds is 8. The summed E-state index contributed by atoms with van der Waals surface area (Å²) in [6.07, 6.45) is 1.57. The first-order valence-electron chi connectivity index (χ1n) is 7.46. The first kappa shape index (κ1) is 18.0. The molecular weight excluding hydrogens is 334 g/mol. The van der Waals surface area contributed by atoms with Crippen molar-refractivity contribution in [1.82, 2.24) is 9.55 Å². The molecule has 0 radical (unpaired) electrons.